The van der Waals surface area contributed by atoms with Crippen molar-refractivity contribution in [2.24, 2.45) is 0 Å². The van der Waals surface area contributed by atoms with E-state index in [0.29, 0.717) is 0 Å². The Morgan fingerprint density at radius 2 is 1.94 bits per heavy atom. The van der Waals surface area contributed by atoms with Gasteiger partial charge in [-0.05, 0) is 19.1 Å². The van der Waals surface area contributed by atoms with Crippen LogP contribution in [0.4, 0.5) is 8.78 Å². The molecule has 0 saturated heterocycles. The van der Waals surface area contributed by atoms with Crippen LogP contribution in [-0.2, 0) is 6.42 Å². The van der Waals surface area contributed by atoms with Crippen LogP contribution in [0.1, 0.15) is 29.6 Å². The van der Waals surface area contributed by atoms with E-state index in [1.54, 1.807) is 6.92 Å². The van der Waals surface area contributed by atoms with Crippen molar-refractivity contribution in [2.45, 2.75) is 18.7 Å². The van der Waals surface area contributed by atoms with Crippen LogP contribution in [0.15, 0.2) is 22.6 Å². The Kier molecular flexibility index (Phi) is 3.38. The third-order valence-electron chi connectivity index (χ3n) is 2.21. The van der Waals surface area contributed by atoms with Gasteiger partial charge in [-0.2, -0.15) is 0 Å². The zero-order chi connectivity index (χ0) is 12.4. The summed E-state index contributed by atoms with van der Waals surface area (Å²) in [4.78, 5) is 0. The van der Waals surface area contributed by atoms with Crippen molar-refractivity contribution in [1.82, 2.24) is 10.2 Å². The van der Waals surface area contributed by atoms with E-state index in [4.69, 9.17) is 16.0 Å². The monoisotopic (exact) mass is 258 g/mol. The third kappa shape index (κ3) is 2.61. The summed E-state index contributed by atoms with van der Waals surface area (Å²) in [5.74, 6) is -0.901. The highest BCUT2D eigenvalue weighted by Gasteiger charge is 2.15. The Bertz CT molecular complexity index is 508. The van der Waals surface area contributed by atoms with Crippen LogP contribution in [0.3, 0.4) is 0 Å². The van der Waals surface area contributed by atoms with Crippen LogP contribution in [0.2, 0.25) is 0 Å². The van der Waals surface area contributed by atoms with Crippen molar-refractivity contribution < 1.29 is 13.2 Å². The number of benzene rings is 1. The van der Waals surface area contributed by atoms with Crippen LogP contribution in [0.25, 0.3) is 0 Å². The summed E-state index contributed by atoms with van der Waals surface area (Å²) in [6.07, 6.45) is -0.0882. The maximum atomic E-state index is 13.3. The number of aromatic nitrogens is 2. The van der Waals surface area contributed by atoms with Gasteiger partial charge in [0, 0.05) is 5.56 Å². The van der Waals surface area contributed by atoms with E-state index in [2.05, 4.69) is 10.2 Å². The van der Waals surface area contributed by atoms with Crippen LogP contribution in [-0.4, -0.2) is 10.2 Å². The van der Waals surface area contributed by atoms with Crippen molar-refractivity contribution in [3.63, 3.8) is 0 Å². The molecule has 0 fully saturated rings. The predicted molar refractivity (Wildman–Crippen MR) is 57.7 cm³/mol. The fourth-order valence-electron chi connectivity index (χ4n) is 1.35. The molecule has 1 atom stereocenters. The fourth-order valence-corrected chi connectivity index (χ4v) is 1.44. The van der Waals surface area contributed by atoms with Gasteiger partial charge in [0.1, 0.15) is 17.0 Å². The van der Waals surface area contributed by atoms with E-state index in [1.165, 1.54) is 18.2 Å². The molecule has 1 heterocycles. The molecular formula is C11H9ClF2N2O. The molecule has 0 aliphatic rings. The minimum absolute atomic E-state index is 0.0882. The van der Waals surface area contributed by atoms with Gasteiger partial charge in [-0.1, -0.05) is 6.07 Å². The number of alkyl halides is 1. The number of nitrogens with zero attached hydrogens (tertiary/aromatic N) is 2. The molecule has 0 aliphatic carbocycles. The summed E-state index contributed by atoms with van der Waals surface area (Å²) >= 11 is 5.74. The molecule has 90 valence electrons. The second kappa shape index (κ2) is 4.79. The van der Waals surface area contributed by atoms with Crippen LogP contribution in [0.5, 0.6) is 0 Å². The third-order valence-corrected chi connectivity index (χ3v) is 2.40. The lowest BCUT2D eigenvalue weighted by molar-refractivity contribution is 0.451. The van der Waals surface area contributed by atoms with E-state index >= 15 is 0 Å². The maximum Gasteiger partial charge on any atom is 0.234 e. The van der Waals surface area contributed by atoms with Crippen molar-refractivity contribution in [3.8, 4) is 0 Å². The number of hydrogen-bond acceptors (Lipinski definition) is 3. The SMILES string of the molecule is CC(Cl)c1nnc(Cc2c(F)cccc2F)o1. The van der Waals surface area contributed by atoms with E-state index in [9.17, 15) is 8.78 Å². The molecule has 2 rings (SSSR count). The lowest BCUT2D eigenvalue weighted by Crippen LogP contribution is -1.97. The first-order valence-corrected chi connectivity index (χ1v) is 5.41. The smallest absolute Gasteiger partial charge is 0.234 e. The Morgan fingerprint density at radius 3 is 2.47 bits per heavy atom. The average Bonchev–Trinajstić information content (AvgIpc) is 2.72. The Morgan fingerprint density at radius 1 is 1.29 bits per heavy atom. The molecule has 6 heteroatoms. The molecular weight excluding hydrogens is 250 g/mol. The highest BCUT2D eigenvalue weighted by molar-refractivity contribution is 6.20. The topological polar surface area (TPSA) is 38.9 Å². The van der Waals surface area contributed by atoms with Crippen LogP contribution < -0.4 is 0 Å². The lowest BCUT2D eigenvalue weighted by Gasteiger charge is -2.01. The minimum atomic E-state index is -0.635. The van der Waals surface area contributed by atoms with Gasteiger partial charge < -0.3 is 4.42 Å². The first kappa shape index (κ1) is 12.0. The maximum absolute atomic E-state index is 13.3. The van der Waals surface area contributed by atoms with Crippen LogP contribution >= 0.6 is 11.6 Å². The Balaban J connectivity index is 2.25. The number of rotatable bonds is 3. The molecule has 2 aromatic rings. The molecule has 0 amide bonds. The molecule has 1 aromatic heterocycles. The first-order valence-electron chi connectivity index (χ1n) is 4.97. The van der Waals surface area contributed by atoms with E-state index in [-0.39, 0.29) is 23.8 Å². The predicted octanol–water partition coefficient (Wildman–Crippen LogP) is 3.24. The Hall–Kier alpha value is -1.49. The van der Waals surface area contributed by atoms with Crippen molar-refractivity contribution in [2.75, 3.05) is 0 Å². The molecule has 17 heavy (non-hydrogen) atoms. The zero-order valence-corrected chi connectivity index (χ0v) is 9.71. The van der Waals surface area contributed by atoms with Gasteiger partial charge in [0.05, 0.1) is 6.42 Å². The summed E-state index contributed by atoms with van der Waals surface area (Å²) in [6.45, 7) is 1.67. The number of hydrogen-bond donors (Lipinski definition) is 0. The summed E-state index contributed by atoms with van der Waals surface area (Å²) in [7, 11) is 0. The highest BCUT2D eigenvalue weighted by atomic mass is 35.5. The van der Waals surface area contributed by atoms with E-state index < -0.39 is 17.0 Å². The molecule has 0 bridgehead atoms. The van der Waals surface area contributed by atoms with Gasteiger partial charge in [-0.15, -0.1) is 21.8 Å². The van der Waals surface area contributed by atoms with Gasteiger partial charge in [-0.3, -0.25) is 0 Å². The molecule has 1 unspecified atom stereocenters. The normalized spacial score (nSPS) is 12.7. The molecule has 1 aromatic carbocycles. The Labute approximate surface area is 101 Å². The molecule has 0 aliphatic heterocycles. The van der Waals surface area contributed by atoms with Crippen molar-refractivity contribution in [3.05, 3.63) is 47.2 Å². The first-order chi connectivity index (χ1) is 8.08. The van der Waals surface area contributed by atoms with Crippen molar-refractivity contribution in [1.29, 1.82) is 0 Å². The summed E-state index contributed by atoms with van der Waals surface area (Å²) < 4.78 is 31.9. The summed E-state index contributed by atoms with van der Waals surface area (Å²) in [6, 6.07) is 3.66. The standard InChI is InChI=1S/C11H9ClF2N2O/c1-6(12)11-16-15-10(17-11)5-7-8(13)3-2-4-9(7)14/h2-4,6H,5H2,1H3. The molecule has 0 radical (unpaired) electrons. The van der Waals surface area contributed by atoms with E-state index in [0.717, 1.165) is 0 Å². The van der Waals surface area contributed by atoms with Gasteiger partial charge in [-0.25, -0.2) is 8.78 Å². The molecule has 0 N–H and O–H groups in total. The van der Waals surface area contributed by atoms with E-state index in [1.807, 2.05) is 0 Å². The fraction of sp³-hybridized carbons (Fsp3) is 0.273. The second-order valence-corrected chi connectivity index (χ2v) is 4.18. The van der Waals surface area contributed by atoms with Gasteiger partial charge in [0.15, 0.2) is 0 Å². The average molecular weight is 259 g/mol. The zero-order valence-electron chi connectivity index (χ0n) is 8.95. The number of halogens is 3. The minimum Gasteiger partial charge on any atom is -0.423 e. The largest absolute Gasteiger partial charge is 0.423 e. The van der Waals surface area contributed by atoms with Crippen LogP contribution in [0, 0.1) is 11.6 Å². The summed E-state index contributed by atoms with van der Waals surface area (Å²) in [5, 5.41) is 6.93. The molecule has 3 nitrogen and oxygen atoms in total. The van der Waals surface area contributed by atoms with Crippen molar-refractivity contribution >= 4 is 11.6 Å². The second-order valence-electron chi connectivity index (χ2n) is 3.53. The van der Waals surface area contributed by atoms with Gasteiger partial charge in [0.2, 0.25) is 11.8 Å². The van der Waals surface area contributed by atoms with Gasteiger partial charge >= 0.3 is 0 Å². The van der Waals surface area contributed by atoms with Gasteiger partial charge in [0.25, 0.3) is 0 Å². The molecule has 0 spiro atoms. The molecule has 0 saturated carbocycles. The highest BCUT2D eigenvalue weighted by Crippen LogP contribution is 2.20. The summed E-state index contributed by atoms with van der Waals surface area (Å²) in [5.41, 5.74) is -0.0927. The quantitative estimate of drug-likeness (QED) is 0.794. The lowest BCUT2D eigenvalue weighted by atomic mass is 10.1.